The lowest BCUT2D eigenvalue weighted by atomic mass is 10.2. The molecule has 0 saturated carbocycles. The van der Waals surface area contributed by atoms with Crippen LogP contribution in [-0.4, -0.2) is 66.0 Å². The van der Waals surface area contributed by atoms with Gasteiger partial charge in [0.2, 0.25) is 15.9 Å². The highest BCUT2D eigenvalue weighted by Gasteiger charge is 2.23. The predicted octanol–water partition coefficient (Wildman–Crippen LogP) is -0.536. The van der Waals surface area contributed by atoms with Gasteiger partial charge in [0.1, 0.15) is 18.0 Å². The van der Waals surface area contributed by atoms with Crippen LogP contribution in [0, 0.1) is 0 Å². The first-order chi connectivity index (χ1) is 13.5. The maximum atomic E-state index is 12.4. The zero-order valence-corrected chi connectivity index (χ0v) is 17.5. The van der Waals surface area contributed by atoms with Gasteiger partial charge in [0.15, 0.2) is 0 Å². The van der Waals surface area contributed by atoms with Gasteiger partial charge in [0, 0.05) is 0 Å². The summed E-state index contributed by atoms with van der Waals surface area (Å²) in [5.74, 6) is -3.09. The second-order valence-electron chi connectivity index (χ2n) is 5.20. The summed E-state index contributed by atoms with van der Waals surface area (Å²) < 4.78 is 35.6. The molecule has 0 fully saturated rings. The van der Waals surface area contributed by atoms with Crippen molar-refractivity contribution in [2.45, 2.75) is 4.90 Å². The van der Waals surface area contributed by atoms with Crippen molar-refractivity contribution in [3.05, 3.63) is 27.7 Å². The van der Waals surface area contributed by atoms with Crippen LogP contribution in [0.15, 0.2) is 17.0 Å². The van der Waals surface area contributed by atoms with E-state index < -0.39 is 58.3 Å². The number of rotatable bonds is 9. The molecular weight excluding hydrogens is 453 g/mol. The van der Waals surface area contributed by atoms with Crippen molar-refractivity contribution in [1.82, 2.24) is 15.4 Å². The highest BCUT2D eigenvalue weighted by Crippen LogP contribution is 2.28. The molecular formula is C15H17Cl2N3O8S. The third kappa shape index (κ3) is 7.49. The Bertz CT molecular complexity index is 920. The van der Waals surface area contributed by atoms with E-state index in [0.29, 0.717) is 0 Å². The molecule has 1 rings (SSSR count). The number of esters is 2. The molecule has 1 aromatic rings. The number of ether oxygens (including phenoxy) is 2. The molecule has 11 nitrogen and oxygen atoms in total. The largest absolute Gasteiger partial charge is 0.468 e. The Kier molecular flexibility index (Phi) is 9.30. The summed E-state index contributed by atoms with van der Waals surface area (Å²) in [5.41, 5.74) is -0.268. The third-order valence-electron chi connectivity index (χ3n) is 3.26. The van der Waals surface area contributed by atoms with E-state index in [1.54, 1.807) is 0 Å². The van der Waals surface area contributed by atoms with Crippen LogP contribution in [0.5, 0.6) is 0 Å². The molecule has 0 saturated heterocycles. The van der Waals surface area contributed by atoms with Gasteiger partial charge in [-0.1, -0.05) is 23.2 Å². The van der Waals surface area contributed by atoms with Crippen LogP contribution in [-0.2, 0) is 33.9 Å². The number of nitrogens with one attached hydrogen (secondary N) is 3. The molecule has 0 heterocycles. The van der Waals surface area contributed by atoms with Crippen molar-refractivity contribution >= 4 is 57.0 Å². The average Bonchev–Trinajstić information content (AvgIpc) is 2.68. The lowest BCUT2D eigenvalue weighted by molar-refractivity contribution is -0.141. The average molecular weight is 470 g/mol. The van der Waals surface area contributed by atoms with Crippen molar-refractivity contribution in [3.8, 4) is 0 Å². The summed E-state index contributed by atoms with van der Waals surface area (Å²) in [4.78, 5) is 45.3. The summed E-state index contributed by atoms with van der Waals surface area (Å²) in [5, 5.41) is 3.88. The van der Waals surface area contributed by atoms with E-state index in [2.05, 4.69) is 20.1 Å². The number of benzene rings is 1. The fourth-order valence-corrected chi connectivity index (χ4v) is 3.61. The highest BCUT2D eigenvalue weighted by atomic mass is 35.5. The number of sulfonamides is 1. The van der Waals surface area contributed by atoms with E-state index in [4.69, 9.17) is 23.2 Å². The minimum absolute atomic E-state index is 0.160. The fraction of sp³-hybridized carbons (Fsp3) is 0.333. The first-order valence-electron chi connectivity index (χ1n) is 7.69. The van der Waals surface area contributed by atoms with E-state index in [-0.39, 0.29) is 15.6 Å². The van der Waals surface area contributed by atoms with Gasteiger partial charge in [-0.25, -0.2) is 13.1 Å². The predicted molar refractivity (Wildman–Crippen MR) is 101 cm³/mol. The summed E-state index contributed by atoms with van der Waals surface area (Å²) in [6.07, 6.45) is 0. The topological polar surface area (TPSA) is 157 Å². The molecule has 0 aliphatic heterocycles. The number of hydrogen-bond acceptors (Lipinski definition) is 8. The van der Waals surface area contributed by atoms with Gasteiger partial charge in [-0.05, 0) is 12.1 Å². The van der Waals surface area contributed by atoms with Gasteiger partial charge >= 0.3 is 11.9 Å². The van der Waals surface area contributed by atoms with Crippen LogP contribution >= 0.6 is 23.2 Å². The molecule has 3 N–H and O–H groups in total. The van der Waals surface area contributed by atoms with Crippen molar-refractivity contribution < 1.29 is 37.1 Å². The third-order valence-corrected chi connectivity index (χ3v) is 5.44. The normalized spacial score (nSPS) is 10.8. The van der Waals surface area contributed by atoms with Crippen LogP contribution < -0.4 is 15.4 Å². The van der Waals surface area contributed by atoms with E-state index in [1.165, 1.54) is 0 Å². The van der Waals surface area contributed by atoms with Gasteiger partial charge < -0.3 is 20.1 Å². The maximum Gasteiger partial charge on any atom is 0.325 e. The molecule has 14 heteroatoms. The Morgan fingerprint density at radius 1 is 0.897 bits per heavy atom. The zero-order chi connectivity index (χ0) is 22.2. The molecule has 0 unspecified atom stereocenters. The number of carbonyl (C=O) groups is 4. The van der Waals surface area contributed by atoms with E-state index in [0.717, 1.165) is 26.4 Å². The van der Waals surface area contributed by atoms with Crippen LogP contribution in [0.3, 0.4) is 0 Å². The lowest BCUT2D eigenvalue weighted by Crippen LogP contribution is -2.39. The van der Waals surface area contributed by atoms with Crippen LogP contribution in [0.4, 0.5) is 0 Å². The molecule has 0 aliphatic carbocycles. The van der Waals surface area contributed by atoms with E-state index in [9.17, 15) is 27.6 Å². The lowest BCUT2D eigenvalue weighted by Gasteiger charge is -2.12. The molecule has 0 aromatic heterocycles. The van der Waals surface area contributed by atoms with Crippen molar-refractivity contribution in [3.63, 3.8) is 0 Å². The fourth-order valence-electron chi connectivity index (χ4n) is 1.77. The van der Waals surface area contributed by atoms with Crippen molar-refractivity contribution in [2.75, 3.05) is 33.9 Å². The molecule has 2 amide bonds. The van der Waals surface area contributed by atoms with Crippen LogP contribution in [0.1, 0.15) is 10.4 Å². The Labute approximate surface area is 176 Å². The monoisotopic (exact) mass is 469 g/mol. The SMILES string of the molecule is COC(=O)CNC(=O)CNS(=O)(=O)c1cc(C(=O)NCC(=O)OC)c(Cl)cc1Cl. The molecule has 160 valence electrons. The minimum Gasteiger partial charge on any atom is -0.468 e. The molecule has 0 aliphatic rings. The molecule has 29 heavy (non-hydrogen) atoms. The summed E-state index contributed by atoms with van der Waals surface area (Å²) in [6.45, 7) is -1.61. The number of amides is 2. The summed E-state index contributed by atoms with van der Waals surface area (Å²) in [7, 11) is -2.08. The molecule has 1 aromatic carbocycles. The molecule has 0 radical (unpaired) electrons. The smallest absolute Gasteiger partial charge is 0.325 e. The first kappa shape index (κ1) is 24.6. The number of halogens is 2. The van der Waals surface area contributed by atoms with Crippen LogP contribution in [0.25, 0.3) is 0 Å². The van der Waals surface area contributed by atoms with Gasteiger partial charge in [0.25, 0.3) is 5.91 Å². The van der Waals surface area contributed by atoms with Gasteiger partial charge in [0.05, 0.1) is 36.4 Å². The standard InChI is InChI=1S/C15H17Cl2N3O8S/c1-27-13(22)6-18-12(21)5-20-29(25,26)11-3-8(9(16)4-10(11)17)15(24)19-7-14(23)28-2/h3-4,20H,5-7H2,1-2H3,(H,18,21)(H,19,24). The van der Waals surface area contributed by atoms with E-state index in [1.807, 2.05) is 4.72 Å². The Balaban J connectivity index is 2.95. The van der Waals surface area contributed by atoms with Gasteiger partial charge in [-0.2, -0.15) is 0 Å². The van der Waals surface area contributed by atoms with Crippen molar-refractivity contribution in [2.24, 2.45) is 0 Å². The second kappa shape index (κ2) is 11.0. The molecule has 0 atom stereocenters. The molecule has 0 bridgehead atoms. The quantitative estimate of drug-likeness (QED) is 0.407. The Hall–Kier alpha value is -2.41. The Morgan fingerprint density at radius 3 is 2.00 bits per heavy atom. The second-order valence-corrected chi connectivity index (χ2v) is 7.75. The highest BCUT2D eigenvalue weighted by molar-refractivity contribution is 7.89. The van der Waals surface area contributed by atoms with E-state index >= 15 is 0 Å². The number of hydrogen-bond donors (Lipinski definition) is 3. The summed E-state index contributed by atoms with van der Waals surface area (Å²) >= 11 is 11.8. The van der Waals surface area contributed by atoms with Gasteiger partial charge in [-0.15, -0.1) is 0 Å². The first-order valence-corrected chi connectivity index (χ1v) is 9.93. The van der Waals surface area contributed by atoms with Crippen LogP contribution in [0.2, 0.25) is 10.0 Å². The van der Waals surface area contributed by atoms with Crippen molar-refractivity contribution in [1.29, 1.82) is 0 Å². The molecule has 0 spiro atoms. The Morgan fingerprint density at radius 2 is 1.45 bits per heavy atom. The maximum absolute atomic E-state index is 12.4. The van der Waals surface area contributed by atoms with Gasteiger partial charge in [-0.3, -0.25) is 19.2 Å². The minimum atomic E-state index is -4.33. The summed E-state index contributed by atoms with van der Waals surface area (Å²) in [6, 6.07) is 1.92. The zero-order valence-electron chi connectivity index (χ0n) is 15.2. The number of methoxy groups -OCH3 is 2. The number of carbonyl (C=O) groups excluding carboxylic acids is 4.